The molecule has 2 amide bonds. The highest BCUT2D eigenvalue weighted by Gasteiger charge is 2.44. The zero-order valence-corrected chi connectivity index (χ0v) is 23.2. The molecule has 1 saturated carbocycles. The molecule has 2 aliphatic rings. The van der Waals surface area contributed by atoms with E-state index < -0.39 is 23.8 Å². The molecule has 0 spiro atoms. The summed E-state index contributed by atoms with van der Waals surface area (Å²) < 4.78 is 0. The minimum Gasteiger partial charge on any atom is -0.465 e. The quantitative estimate of drug-likeness (QED) is 0.294. The van der Waals surface area contributed by atoms with Crippen molar-refractivity contribution in [2.75, 3.05) is 19.6 Å². The number of likely N-dealkylation sites (tertiary alicyclic amines) is 1. The molecule has 0 radical (unpaired) electrons. The van der Waals surface area contributed by atoms with Crippen LogP contribution in [-0.4, -0.2) is 64.0 Å². The van der Waals surface area contributed by atoms with Gasteiger partial charge in [0.15, 0.2) is 0 Å². The molecule has 8 nitrogen and oxygen atoms in total. The number of benzene rings is 2. The first-order valence-electron chi connectivity index (χ1n) is 13.9. The van der Waals surface area contributed by atoms with Gasteiger partial charge in [0, 0.05) is 48.1 Å². The number of halogens is 1. The maximum Gasteiger partial charge on any atom is 0.404 e. The number of rotatable bonds is 9. The maximum absolute atomic E-state index is 13.4. The lowest BCUT2D eigenvalue weighted by Crippen LogP contribution is -2.49. The van der Waals surface area contributed by atoms with E-state index in [-0.39, 0.29) is 24.3 Å². The molecule has 6 N–H and O–H groups in total. The first kappa shape index (κ1) is 29.3. The molecule has 2 aromatic carbocycles. The van der Waals surface area contributed by atoms with Gasteiger partial charge in [-0.05, 0) is 67.7 Å². The second kappa shape index (κ2) is 12.7. The third-order valence-electron chi connectivity index (χ3n) is 8.45. The van der Waals surface area contributed by atoms with Gasteiger partial charge in [-0.15, -0.1) is 0 Å². The average Bonchev–Trinajstić information content (AvgIpc) is 3.28. The van der Waals surface area contributed by atoms with Crippen LogP contribution in [-0.2, 0) is 16.8 Å². The van der Waals surface area contributed by atoms with Crippen molar-refractivity contribution in [2.24, 2.45) is 17.6 Å². The van der Waals surface area contributed by atoms with Crippen LogP contribution in [0.15, 0.2) is 42.5 Å². The van der Waals surface area contributed by atoms with Crippen molar-refractivity contribution in [1.82, 2.24) is 10.2 Å². The summed E-state index contributed by atoms with van der Waals surface area (Å²) in [5.41, 5.74) is 8.14. The van der Waals surface area contributed by atoms with Crippen molar-refractivity contribution in [3.63, 3.8) is 0 Å². The fourth-order valence-corrected chi connectivity index (χ4v) is 6.60. The van der Waals surface area contributed by atoms with Gasteiger partial charge in [0.05, 0.1) is 11.7 Å². The number of aliphatic hydroxyl groups excluding tert-OH is 1. The highest BCUT2D eigenvalue weighted by Crippen LogP contribution is 2.46. The molecular weight excluding hydrogens is 518 g/mol. The largest absolute Gasteiger partial charge is 0.465 e. The average molecular weight is 558 g/mol. The summed E-state index contributed by atoms with van der Waals surface area (Å²) >= 11 is 6.80. The van der Waals surface area contributed by atoms with Crippen LogP contribution in [0, 0.1) is 11.8 Å². The zero-order chi connectivity index (χ0) is 28.2. The van der Waals surface area contributed by atoms with Gasteiger partial charge in [0.25, 0.3) is 0 Å². The summed E-state index contributed by atoms with van der Waals surface area (Å²) in [5.74, 6) is -0.629. The number of carbonyl (C=O) groups is 2. The highest BCUT2D eigenvalue weighted by molar-refractivity contribution is 6.33. The molecule has 1 aliphatic carbocycles. The van der Waals surface area contributed by atoms with Gasteiger partial charge < -0.3 is 31.3 Å². The van der Waals surface area contributed by atoms with Gasteiger partial charge in [0.1, 0.15) is 0 Å². The third-order valence-corrected chi connectivity index (χ3v) is 8.76. The van der Waals surface area contributed by atoms with Crippen molar-refractivity contribution in [3.05, 3.63) is 58.6 Å². The number of nitrogens with zero attached hydrogens (tertiary/aromatic N) is 1. The molecule has 0 aromatic heterocycles. The Morgan fingerprint density at radius 3 is 2.67 bits per heavy atom. The van der Waals surface area contributed by atoms with Crippen LogP contribution in [0.2, 0.25) is 5.02 Å². The first-order chi connectivity index (χ1) is 18.6. The van der Waals surface area contributed by atoms with E-state index >= 15 is 0 Å². The third kappa shape index (κ3) is 6.57. The van der Waals surface area contributed by atoms with Crippen molar-refractivity contribution in [2.45, 2.75) is 69.6 Å². The molecule has 2 aromatic rings. The molecule has 2 unspecified atom stereocenters. The number of aliphatic hydroxyl groups is 2. The number of nitrogens with one attached hydrogen (secondary N) is 1. The van der Waals surface area contributed by atoms with E-state index in [1.807, 2.05) is 35.2 Å². The van der Waals surface area contributed by atoms with E-state index in [2.05, 4.69) is 24.4 Å². The van der Waals surface area contributed by atoms with Crippen LogP contribution in [0.1, 0.15) is 56.6 Å². The van der Waals surface area contributed by atoms with Crippen molar-refractivity contribution in [1.29, 1.82) is 0 Å². The Labute approximate surface area is 235 Å². The van der Waals surface area contributed by atoms with Crippen molar-refractivity contribution < 1.29 is 24.9 Å². The Bertz CT molecular complexity index is 1170. The lowest BCUT2D eigenvalue weighted by Gasteiger charge is -2.44. The number of hydrogen-bond donors (Lipinski definition) is 5. The molecule has 1 heterocycles. The van der Waals surface area contributed by atoms with Crippen LogP contribution in [0.5, 0.6) is 0 Å². The minimum absolute atomic E-state index is 0.0245. The normalized spacial score (nSPS) is 24.8. The summed E-state index contributed by atoms with van der Waals surface area (Å²) in [5, 5.41) is 34.7. The van der Waals surface area contributed by atoms with Crippen LogP contribution in [0.4, 0.5) is 4.79 Å². The van der Waals surface area contributed by atoms with Gasteiger partial charge in [-0.3, -0.25) is 4.79 Å². The molecule has 212 valence electrons. The van der Waals surface area contributed by atoms with E-state index in [4.69, 9.17) is 22.4 Å². The van der Waals surface area contributed by atoms with E-state index in [0.29, 0.717) is 55.8 Å². The number of carboxylic acid groups (broad SMARTS) is 1. The lowest BCUT2D eigenvalue weighted by molar-refractivity contribution is -0.141. The molecule has 2 fully saturated rings. The fourth-order valence-electron chi connectivity index (χ4n) is 6.31. The van der Waals surface area contributed by atoms with Gasteiger partial charge in [-0.1, -0.05) is 54.9 Å². The molecule has 39 heavy (non-hydrogen) atoms. The Morgan fingerprint density at radius 2 is 1.97 bits per heavy atom. The number of aryl methyl sites for hydroxylation is 1. The predicted octanol–water partition coefficient (Wildman–Crippen LogP) is 4.14. The standard InChI is InChI=1S/C30H40ClN3O5/c1-2-19-7-3-8-20(15-19)27-23(10-4-11-24(27)31)30(39,12-6-13-33-29(37)38)22-9-5-14-34(18-22)28(36)21-16-25(32)26(35)17-21/h3-4,7-8,10-11,15,21-22,25-26,33,35,39H,2,5-6,9,12-14,16-18,32H2,1H3,(H,37,38)/t21-,22?,25+,26-,30?/m0/s1. The topological polar surface area (TPSA) is 136 Å². The number of piperidine rings is 1. The predicted molar refractivity (Wildman–Crippen MR) is 151 cm³/mol. The van der Waals surface area contributed by atoms with Crippen molar-refractivity contribution >= 4 is 23.6 Å². The Kier molecular flexibility index (Phi) is 9.54. The number of hydrogen-bond acceptors (Lipinski definition) is 5. The Balaban J connectivity index is 1.69. The smallest absolute Gasteiger partial charge is 0.404 e. The van der Waals surface area contributed by atoms with Gasteiger partial charge in [0.2, 0.25) is 5.91 Å². The van der Waals surface area contributed by atoms with Crippen LogP contribution < -0.4 is 11.1 Å². The number of carbonyl (C=O) groups excluding carboxylic acids is 1. The van der Waals surface area contributed by atoms with Crippen LogP contribution >= 0.6 is 11.6 Å². The second-order valence-electron chi connectivity index (χ2n) is 11.0. The van der Waals surface area contributed by atoms with Crippen LogP contribution in [0.25, 0.3) is 11.1 Å². The SMILES string of the molecule is CCc1cccc(-c2c(Cl)cccc2C(O)(CCCNC(=O)O)C2CCCN(C(=O)[C@H]3C[C@@H](N)[C@@H](O)C3)C2)c1. The molecule has 5 atom stereocenters. The van der Waals surface area contributed by atoms with E-state index in [0.717, 1.165) is 29.5 Å². The summed E-state index contributed by atoms with van der Waals surface area (Å²) in [6, 6.07) is 13.3. The van der Waals surface area contributed by atoms with Gasteiger partial charge in [-0.2, -0.15) is 0 Å². The summed E-state index contributed by atoms with van der Waals surface area (Å²) in [4.78, 5) is 26.3. The minimum atomic E-state index is -1.35. The second-order valence-corrected chi connectivity index (χ2v) is 11.4. The zero-order valence-electron chi connectivity index (χ0n) is 22.5. The molecule has 1 aliphatic heterocycles. The molecule has 4 rings (SSSR count). The van der Waals surface area contributed by atoms with E-state index in [1.54, 1.807) is 0 Å². The van der Waals surface area contributed by atoms with Gasteiger partial charge in [-0.25, -0.2) is 4.79 Å². The molecule has 1 saturated heterocycles. The summed E-state index contributed by atoms with van der Waals surface area (Å²) in [6.07, 6.45) is 2.05. The monoisotopic (exact) mass is 557 g/mol. The summed E-state index contributed by atoms with van der Waals surface area (Å²) in [7, 11) is 0. The first-order valence-corrected chi connectivity index (χ1v) is 14.3. The van der Waals surface area contributed by atoms with Crippen molar-refractivity contribution in [3.8, 4) is 11.1 Å². The molecule has 0 bridgehead atoms. The van der Waals surface area contributed by atoms with Gasteiger partial charge >= 0.3 is 6.09 Å². The Hall–Kier alpha value is -2.65. The maximum atomic E-state index is 13.4. The van der Waals surface area contributed by atoms with E-state index in [1.165, 1.54) is 0 Å². The van der Waals surface area contributed by atoms with E-state index in [9.17, 15) is 19.8 Å². The molecule has 9 heteroatoms. The van der Waals surface area contributed by atoms with Crippen LogP contribution in [0.3, 0.4) is 0 Å². The number of nitrogens with two attached hydrogens (primary N) is 1. The summed E-state index contributed by atoms with van der Waals surface area (Å²) in [6.45, 7) is 3.24. The lowest BCUT2D eigenvalue weighted by atomic mass is 9.72. The Morgan fingerprint density at radius 1 is 1.21 bits per heavy atom. The number of amides is 2. The highest BCUT2D eigenvalue weighted by atomic mass is 35.5. The fraction of sp³-hybridized carbons (Fsp3) is 0.533. The molecular formula is C30H40ClN3O5.